The minimum atomic E-state index is 0.614. The lowest BCUT2D eigenvalue weighted by Crippen LogP contribution is -1.83. The van der Waals surface area contributed by atoms with Crippen LogP contribution in [0.15, 0.2) is 45.5 Å². The van der Waals surface area contributed by atoms with Crippen molar-refractivity contribution in [2.24, 2.45) is 0 Å². The SMILES string of the molecule is CC.Cc1ncnc2oc(-c3ccccc3)c(Br)c12. The highest BCUT2D eigenvalue weighted by Crippen LogP contribution is 2.37. The number of nitrogens with zero attached hydrogens (tertiary/aromatic N) is 2. The Bertz CT molecular complexity index is 677. The zero-order chi connectivity index (χ0) is 13.8. The van der Waals surface area contributed by atoms with Crippen molar-refractivity contribution in [3.63, 3.8) is 0 Å². The molecular weight excluding hydrogens is 304 g/mol. The van der Waals surface area contributed by atoms with Crippen molar-refractivity contribution < 1.29 is 4.42 Å². The molecule has 3 rings (SSSR count). The number of halogens is 1. The molecular formula is C15H15BrN2O. The molecule has 2 heterocycles. The van der Waals surface area contributed by atoms with Crippen LogP contribution in [0.1, 0.15) is 19.5 Å². The summed E-state index contributed by atoms with van der Waals surface area (Å²) in [4.78, 5) is 8.32. The first-order valence-corrected chi connectivity index (χ1v) is 7.01. The molecule has 0 atom stereocenters. The molecule has 0 aliphatic carbocycles. The highest BCUT2D eigenvalue weighted by atomic mass is 79.9. The second-order valence-corrected chi connectivity index (χ2v) is 4.54. The lowest BCUT2D eigenvalue weighted by molar-refractivity contribution is 0.615. The van der Waals surface area contributed by atoms with E-state index < -0.39 is 0 Å². The van der Waals surface area contributed by atoms with E-state index in [2.05, 4.69) is 25.9 Å². The van der Waals surface area contributed by atoms with Gasteiger partial charge in [0, 0.05) is 5.56 Å². The van der Waals surface area contributed by atoms with Crippen molar-refractivity contribution in [2.75, 3.05) is 0 Å². The van der Waals surface area contributed by atoms with Crippen LogP contribution in [0.2, 0.25) is 0 Å². The molecule has 0 radical (unpaired) electrons. The largest absolute Gasteiger partial charge is 0.436 e. The summed E-state index contributed by atoms with van der Waals surface area (Å²) < 4.78 is 6.68. The Balaban J connectivity index is 0.000000637. The number of rotatable bonds is 1. The third-order valence-electron chi connectivity index (χ3n) is 2.66. The molecule has 0 N–H and O–H groups in total. The average Bonchev–Trinajstić information content (AvgIpc) is 2.81. The monoisotopic (exact) mass is 318 g/mol. The smallest absolute Gasteiger partial charge is 0.231 e. The number of furan rings is 1. The molecule has 98 valence electrons. The quantitative estimate of drug-likeness (QED) is 0.634. The van der Waals surface area contributed by atoms with E-state index in [1.165, 1.54) is 6.33 Å². The van der Waals surface area contributed by atoms with Crippen molar-refractivity contribution in [1.29, 1.82) is 0 Å². The first-order chi connectivity index (χ1) is 9.27. The van der Waals surface area contributed by atoms with Gasteiger partial charge in [0.2, 0.25) is 5.71 Å². The maximum absolute atomic E-state index is 5.77. The number of hydrogen-bond acceptors (Lipinski definition) is 3. The average molecular weight is 319 g/mol. The van der Waals surface area contributed by atoms with Gasteiger partial charge in [0.25, 0.3) is 0 Å². The van der Waals surface area contributed by atoms with Gasteiger partial charge in [-0.15, -0.1) is 0 Å². The summed E-state index contributed by atoms with van der Waals surface area (Å²) in [6.07, 6.45) is 1.52. The van der Waals surface area contributed by atoms with E-state index >= 15 is 0 Å². The highest BCUT2D eigenvalue weighted by Gasteiger charge is 2.16. The van der Waals surface area contributed by atoms with Crippen LogP contribution in [0, 0.1) is 6.92 Å². The molecule has 4 heteroatoms. The van der Waals surface area contributed by atoms with Crippen molar-refractivity contribution >= 4 is 27.0 Å². The van der Waals surface area contributed by atoms with Crippen LogP contribution < -0.4 is 0 Å². The topological polar surface area (TPSA) is 38.9 Å². The van der Waals surface area contributed by atoms with Crippen molar-refractivity contribution in [1.82, 2.24) is 9.97 Å². The molecule has 0 amide bonds. The second kappa shape index (κ2) is 5.97. The Morgan fingerprint density at radius 3 is 2.37 bits per heavy atom. The van der Waals surface area contributed by atoms with E-state index in [0.29, 0.717) is 5.71 Å². The van der Waals surface area contributed by atoms with E-state index in [1.807, 2.05) is 51.1 Å². The van der Waals surface area contributed by atoms with Gasteiger partial charge >= 0.3 is 0 Å². The Labute approximate surface area is 120 Å². The Morgan fingerprint density at radius 2 is 1.74 bits per heavy atom. The molecule has 0 bridgehead atoms. The van der Waals surface area contributed by atoms with Crippen molar-refractivity contribution in [2.45, 2.75) is 20.8 Å². The van der Waals surface area contributed by atoms with Gasteiger partial charge in [-0.05, 0) is 22.9 Å². The normalized spacial score (nSPS) is 10.1. The van der Waals surface area contributed by atoms with Crippen LogP contribution in [0.4, 0.5) is 0 Å². The fraction of sp³-hybridized carbons (Fsp3) is 0.200. The molecule has 0 aliphatic rings. The highest BCUT2D eigenvalue weighted by molar-refractivity contribution is 9.10. The second-order valence-electron chi connectivity index (χ2n) is 3.75. The molecule has 0 unspecified atom stereocenters. The summed E-state index contributed by atoms with van der Waals surface area (Å²) in [5.74, 6) is 0.796. The van der Waals surface area contributed by atoms with E-state index in [0.717, 1.165) is 26.9 Å². The number of fused-ring (bicyclic) bond motifs is 1. The van der Waals surface area contributed by atoms with Crippen molar-refractivity contribution in [3.05, 3.63) is 46.8 Å². The fourth-order valence-electron chi connectivity index (χ4n) is 1.81. The minimum absolute atomic E-state index is 0.614. The van der Waals surface area contributed by atoms with Gasteiger partial charge in [0.15, 0.2) is 5.76 Å². The molecule has 0 fully saturated rings. The van der Waals surface area contributed by atoms with Gasteiger partial charge in [0.1, 0.15) is 6.33 Å². The third-order valence-corrected chi connectivity index (χ3v) is 3.41. The molecule has 1 aromatic carbocycles. The van der Waals surface area contributed by atoms with E-state index in [1.54, 1.807) is 0 Å². The number of benzene rings is 1. The summed E-state index contributed by atoms with van der Waals surface area (Å²) in [5, 5.41) is 0.936. The lowest BCUT2D eigenvalue weighted by atomic mass is 10.1. The molecule has 0 saturated heterocycles. The van der Waals surface area contributed by atoms with Gasteiger partial charge in [0.05, 0.1) is 15.6 Å². The number of aryl methyl sites for hydroxylation is 1. The summed E-state index contributed by atoms with van der Waals surface area (Å²) >= 11 is 3.57. The van der Waals surface area contributed by atoms with Crippen LogP contribution >= 0.6 is 15.9 Å². The van der Waals surface area contributed by atoms with E-state index in [4.69, 9.17) is 4.42 Å². The van der Waals surface area contributed by atoms with Crippen LogP contribution in [-0.4, -0.2) is 9.97 Å². The Hall–Kier alpha value is -1.68. The van der Waals surface area contributed by atoms with E-state index in [9.17, 15) is 0 Å². The molecule has 3 aromatic rings. The Kier molecular flexibility index (Phi) is 4.32. The number of hydrogen-bond donors (Lipinski definition) is 0. The first-order valence-electron chi connectivity index (χ1n) is 6.22. The zero-order valence-electron chi connectivity index (χ0n) is 11.1. The zero-order valence-corrected chi connectivity index (χ0v) is 12.7. The van der Waals surface area contributed by atoms with Gasteiger partial charge in [-0.1, -0.05) is 44.2 Å². The van der Waals surface area contributed by atoms with Gasteiger partial charge in [-0.25, -0.2) is 9.97 Å². The van der Waals surface area contributed by atoms with Crippen LogP contribution in [0.3, 0.4) is 0 Å². The summed E-state index contributed by atoms with van der Waals surface area (Å²) in [6.45, 7) is 5.94. The first kappa shape index (κ1) is 13.7. The fourth-order valence-corrected chi connectivity index (χ4v) is 2.58. The maximum atomic E-state index is 5.77. The number of aromatic nitrogens is 2. The minimum Gasteiger partial charge on any atom is -0.436 e. The maximum Gasteiger partial charge on any atom is 0.231 e. The lowest BCUT2D eigenvalue weighted by Gasteiger charge is -1.96. The molecule has 0 saturated carbocycles. The van der Waals surface area contributed by atoms with Crippen molar-refractivity contribution in [3.8, 4) is 11.3 Å². The molecule has 3 nitrogen and oxygen atoms in total. The third kappa shape index (κ3) is 2.54. The molecule has 19 heavy (non-hydrogen) atoms. The molecule has 0 spiro atoms. The summed E-state index contributed by atoms with van der Waals surface area (Å²) in [7, 11) is 0. The van der Waals surface area contributed by atoms with Gasteiger partial charge in [-0.2, -0.15) is 0 Å². The molecule has 2 aromatic heterocycles. The van der Waals surface area contributed by atoms with Crippen LogP contribution in [0.5, 0.6) is 0 Å². The predicted octanol–water partition coefficient (Wildman–Crippen LogP) is 4.99. The van der Waals surface area contributed by atoms with Crippen LogP contribution in [-0.2, 0) is 0 Å². The Morgan fingerprint density at radius 1 is 1.05 bits per heavy atom. The summed E-state index contributed by atoms with van der Waals surface area (Å²) in [6, 6.07) is 9.95. The predicted molar refractivity (Wildman–Crippen MR) is 81.0 cm³/mol. The van der Waals surface area contributed by atoms with Gasteiger partial charge < -0.3 is 4.42 Å². The molecule has 0 aliphatic heterocycles. The van der Waals surface area contributed by atoms with Gasteiger partial charge in [-0.3, -0.25) is 0 Å². The van der Waals surface area contributed by atoms with E-state index in [-0.39, 0.29) is 0 Å². The van der Waals surface area contributed by atoms with Crippen LogP contribution in [0.25, 0.3) is 22.4 Å². The summed E-state index contributed by atoms with van der Waals surface area (Å²) in [5.41, 5.74) is 2.55. The standard InChI is InChI=1S/C13H9BrN2O.C2H6/c1-8-10-11(14)12(9-5-3-2-4-6-9)17-13(10)16-7-15-8;1-2/h2-7H,1H3;1-2H3.